The van der Waals surface area contributed by atoms with Crippen molar-refractivity contribution in [1.82, 2.24) is 10.3 Å². The fourth-order valence-corrected chi connectivity index (χ4v) is 1.86. The van der Waals surface area contributed by atoms with Crippen molar-refractivity contribution in [3.05, 3.63) is 29.6 Å². The molecule has 21 heavy (non-hydrogen) atoms. The summed E-state index contributed by atoms with van der Waals surface area (Å²) in [7, 11) is -1.37. The van der Waals surface area contributed by atoms with E-state index in [9.17, 15) is 4.79 Å². The van der Waals surface area contributed by atoms with Crippen molar-refractivity contribution >= 4 is 14.2 Å². The highest BCUT2D eigenvalue weighted by Gasteiger charge is 2.15. The number of nitrogens with one attached hydrogen (secondary N) is 1. The number of nitrogens with zero attached hydrogens (tertiary/aromatic N) is 1. The predicted molar refractivity (Wildman–Crippen MR) is 87.5 cm³/mol. The van der Waals surface area contributed by atoms with E-state index in [1.54, 1.807) is 6.20 Å². The topological polar surface area (TPSA) is 51.2 Å². The number of alkyl carbamates (subject to hydrolysis) is 1. The van der Waals surface area contributed by atoms with Crippen LogP contribution in [0.15, 0.2) is 18.3 Å². The third-order valence-corrected chi connectivity index (χ3v) is 3.09. The summed E-state index contributed by atoms with van der Waals surface area (Å²) in [6.45, 7) is 12.4. The molecule has 1 aromatic rings. The molecule has 114 valence electrons. The van der Waals surface area contributed by atoms with Crippen LogP contribution >= 0.6 is 0 Å². The number of hydrogen-bond acceptors (Lipinski definition) is 3. The average Bonchev–Trinajstić information content (AvgIpc) is 2.32. The van der Waals surface area contributed by atoms with Crippen LogP contribution in [0.25, 0.3) is 0 Å². The number of carbonyl (C=O) groups excluding carboxylic acids is 1. The quantitative estimate of drug-likeness (QED) is 0.673. The number of rotatable bonds is 2. The van der Waals surface area contributed by atoms with Gasteiger partial charge < -0.3 is 10.1 Å². The predicted octanol–water partition coefficient (Wildman–Crippen LogP) is 3.34. The standard InChI is InChI=1S/C16H24N2O2Si/c1-16(2,3)20-15(19)18-12-14-8-7-13(11-17-14)9-10-21(4,5)6/h7-8,11H,12H2,1-6H3,(H,18,19). The van der Waals surface area contributed by atoms with Gasteiger partial charge in [0.15, 0.2) is 0 Å². The molecule has 0 fully saturated rings. The first-order valence-electron chi connectivity index (χ1n) is 7.00. The van der Waals surface area contributed by atoms with Gasteiger partial charge in [-0.15, -0.1) is 5.54 Å². The normalized spacial score (nSPS) is 11.3. The molecule has 0 unspecified atom stereocenters. The molecule has 0 spiro atoms. The highest BCUT2D eigenvalue weighted by Crippen LogP contribution is 2.07. The van der Waals surface area contributed by atoms with E-state index < -0.39 is 19.8 Å². The van der Waals surface area contributed by atoms with Gasteiger partial charge in [0, 0.05) is 11.8 Å². The minimum atomic E-state index is -1.37. The summed E-state index contributed by atoms with van der Waals surface area (Å²) < 4.78 is 5.16. The van der Waals surface area contributed by atoms with Gasteiger partial charge >= 0.3 is 6.09 Å². The summed E-state index contributed by atoms with van der Waals surface area (Å²) in [4.78, 5) is 15.8. The molecule has 0 bridgehead atoms. The summed E-state index contributed by atoms with van der Waals surface area (Å²) in [5.74, 6) is 3.14. The van der Waals surface area contributed by atoms with Crippen LogP contribution in [-0.2, 0) is 11.3 Å². The van der Waals surface area contributed by atoms with Crippen molar-refractivity contribution < 1.29 is 9.53 Å². The smallest absolute Gasteiger partial charge is 0.407 e. The molecule has 0 radical (unpaired) electrons. The second-order valence-electron chi connectivity index (χ2n) is 6.89. The largest absolute Gasteiger partial charge is 0.444 e. The number of ether oxygens (including phenoxy) is 1. The summed E-state index contributed by atoms with van der Waals surface area (Å²) >= 11 is 0. The molecule has 0 aromatic carbocycles. The molecular weight excluding hydrogens is 280 g/mol. The third-order valence-electron chi connectivity index (χ3n) is 2.22. The van der Waals surface area contributed by atoms with E-state index in [0.717, 1.165) is 11.3 Å². The molecule has 1 N–H and O–H groups in total. The van der Waals surface area contributed by atoms with E-state index in [-0.39, 0.29) is 0 Å². The zero-order valence-electron chi connectivity index (χ0n) is 13.7. The highest BCUT2D eigenvalue weighted by molar-refractivity contribution is 6.83. The SMILES string of the molecule is CC(C)(C)OC(=O)NCc1ccc(C#C[Si](C)(C)C)cn1. The van der Waals surface area contributed by atoms with Crippen LogP contribution in [0.2, 0.25) is 19.6 Å². The van der Waals surface area contributed by atoms with Crippen molar-refractivity contribution in [2.75, 3.05) is 0 Å². The van der Waals surface area contributed by atoms with Crippen molar-refractivity contribution in [2.45, 2.75) is 52.6 Å². The lowest BCUT2D eigenvalue weighted by Gasteiger charge is -2.19. The molecule has 0 aliphatic rings. The van der Waals surface area contributed by atoms with Crippen molar-refractivity contribution in [3.8, 4) is 11.5 Å². The minimum Gasteiger partial charge on any atom is -0.444 e. The second-order valence-corrected chi connectivity index (χ2v) is 11.6. The molecule has 0 aliphatic heterocycles. The Balaban J connectivity index is 2.55. The van der Waals surface area contributed by atoms with Gasteiger partial charge in [0.05, 0.1) is 12.2 Å². The summed E-state index contributed by atoms with van der Waals surface area (Å²) in [5.41, 5.74) is 4.48. The maximum atomic E-state index is 11.5. The van der Waals surface area contributed by atoms with Gasteiger partial charge in [-0.1, -0.05) is 25.6 Å². The highest BCUT2D eigenvalue weighted by atomic mass is 28.3. The zero-order chi connectivity index (χ0) is 16.1. The molecule has 1 amide bonds. The monoisotopic (exact) mass is 304 g/mol. The maximum Gasteiger partial charge on any atom is 0.407 e. The Hall–Kier alpha value is -1.80. The van der Waals surface area contributed by atoms with E-state index in [4.69, 9.17) is 4.74 Å². The van der Waals surface area contributed by atoms with E-state index in [1.807, 2.05) is 32.9 Å². The van der Waals surface area contributed by atoms with Crippen LogP contribution in [0.1, 0.15) is 32.0 Å². The van der Waals surface area contributed by atoms with Gasteiger partial charge in [0.25, 0.3) is 0 Å². The number of pyridine rings is 1. The number of amides is 1. The Kier molecular flexibility index (Phi) is 5.56. The third kappa shape index (κ3) is 8.15. The summed E-state index contributed by atoms with van der Waals surface area (Å²) in [6, 6.07) is 3.79. The molecule has 1 rings (SSSR count). The van der Waals surface area contributed by atoms with Crippen molar-refractivity contribution in [2.24, 2.45) is 0 Å². The lowest BCUT2D eigenvalue weighted by molar-refractivity contribution is 0.0523. The molecule has 0 aliphatic carbocycles. The Morgan fingerprint density at radius 2 is 2.00 bits per heavy atom. The number of hydrogen-bond donors (Lipinski definition) is 1. The van der Waals surface area contributed by atoms with Crippen molar-refractivity contribution in [3.63, 3.8) is 0 Å². The van der Waals surface area contributed by atoms with E-state index >= 15 is 0 Å². The van der Waals surface area contributed by atoms with Crippen LogP contribution in [0.3, 0.4) is 0 Å². The van der Waals surface area contributed by atoms with Gasteiger partial charge in [-0.05, 0) is 32.9 Å². The number of aromatic nitrogens is 1. The maximum absolute atomic E-state index is 11.5. The van der Waals surface area contributed by atoms with Gasteiger partial charge in [0.2, 0.25) is 0 Å². The first kappa shape index (κ1) is 17.2. The van der Waals surface area contributed by atoms with E-state index in [2.05, 4.69) is 41.4 Å². The Morgan fingerprint density at radius 1 is 1.33 bits per heavy atom. The summed E-state index contributed by atoms with van der Waals surface area (Å²) in [6.07, 6.45) is 1.30. The molecule has 0 saturated carbocycles. The van der Waals surface area contributed by atoms with Crippen LogP contribution < -0.4 is 5.32 Å². The van der Waals surface area contributed by atoms with Crippen LogP contribution in [0.5, 0.6) is 0 Å². The van der Waals surface area contributed by atoms with Gasteiger partial charge in [0.1, 0.15) is 13.7 Å². The minimum absolute atomic E-state index is 0.344. The van der Waals surface area contributed by atoms with Gasteiger partial charge in [-0.3, -0.25) is 4.98 Å². The number of carbonyl (C=O) groups is 1. The average molecular weight is 304 g/mol. The van der Waals surface area contributed by atoms with Crippen LogP contribution in [0, 0.1) is 11.5 Å². The Morgan fingerprint density at radius 3 is 2.48 bits per heavy atom. The van der Waals surface area contributed by atoms with Gasteiger partial charge in [-0.2, -0.15) is 0 Å². The molecule has 4 nitrogen and oxygen atoms in total. The van der Waals surface area contributed by atoms with E-state index in [0.29, 0.717) is 6.54 Å². The zero-order valence-corrected chi connectivity index (χ0v) is 14.7. The lowest BCUT2D eigenvalue weighted by atomic mass is 10.2. The fourth-order valence-electron chi connectivity index (χ4n) is 1.34. The first-order chi connectivity index (χ1) is 9.55. The van der Waals surface area contributed by atoms with E-state index in [1.165, 1.54) is 0 Å². The Bertz CT molecular complexity index is 543. The summed E-state index contributed by atoms with van der Waals surface area (Å²) in [5, 5.41) is 2.68. The lowest BCUT2D eigenvalue weighted by Crippen LogP contribution is -2.32. The molecule has 1 aromatic heterocycles. The second kappa shape index (κ2) is 6.77. The molecular formula is C16H24N2O2Si. The Labute approximate surface area is 128 Å². The molecule has 0 atom stereocenters. The van der Waals surface area contributed by atoms with Crippen LogP contribution in [-0.4, -0.2) is 24.8 Å². The van der Waals surface area contributed by atoms with Gasteiger partial charge in [-0.25, -0.2) is 4.79 Å². The van der Waals surface area contributed by atoms with Crippen molar-refractivity contribution in [1.29, 1.82) is 0 Å². The fraction of sp³-hybridized carbons (Fsp3) is 0.500. The molecule has 5 heteroatoms. The molecule has 0 saturated heterocycles. The van der Waals surface area contributed by atoms with Crippen LogP contribution in [0.4, 0.5) is 4.79 Å². The molecule has 1 heterocycles. The first-order valence-corrected chi connectivity index (χ1v) is 10.5.